The highest BCUT2D eigenvalue weighted by Crippen LogP contribution is 2.32. The fraction of sp³-hybridized carbons (Fsp3) is 0.483. The summed E-state index contributed by atoms with van der Waals surface area (Å²) in [5, 5.41) is 36.2. The van der Waals surface area contributed by atoms with Gasteiger partial charge in [0.05, 0.1) is 0 Å². The third-order valence-corrected chi connectivity index (χ3v) is 7.01. The number of amides is 3. The van der Waals surface area contributed by atoms with Crippen LogP contribution in [0.15, 0.2) is 48.5 Å². The highest BCUT2D eigenvalue weighted by molar-refractivity contribution is 5.94. The van der Waals surface area contributed by atoms with E-state index in [0.717, 1.165) is 12.8 Å². The van der Waals surface area contributed by atoms with Crippen molar-refractivity contribution in [2.24, 2.45) is 0 Å². The Balaban J connectivity index is 1.35. The van der Waals surface area contributed by atoms with Gasteiger partial charge in [-0.15, -0.1) is 0 Å². The number of phenols is 1. The van der Waals surface area contributed by atoms with E-state index in [1.54, 1.807) is 32.9 Å². The van der Waals surface area contributed by atoms with Gasteiger partial charge < -0.3 is 35.8 Å². The second-order valence-corrected chi connectivity index (χ2v) is 9.95. The summed E-state index contributed by atoms with van der Waals surface area (Å²) in [5.41, 5.74) is 1.86. The van der Waals surface area contributed by atoms with Crippen LogP contribution in [0, 0.1) is 0 Å². The van der Waals surface area contributed by atoms with Gasteiger partial charge in [-0.05, 0) is 56.0 Å². The van der Waals surface area contributed by atoms with Crippen molar-refractivity contribution < 1.29 is 29.7 Å². The molecule has 5 N–H and O–H groups in total. The predicted octanol–water partition coefficient (Wildman–Crippen LogP) is 2.07. The van der Waals surface area contributed by atoms with Crippen LogP contribution in [0.3, 0.4) is 0 Å². The van der Waals surface area contributed by atoms with Gasteiger partial charge in [-0.2, -0.15) is 0 Å². The lowest BCUT2D eigenvalue weighted by Gasteiger charge is -2.39. The van der Waals surface area contributed by atoms with E-state index in [-0.39, 0.29) is 23.5 Å². The van der Waals surface area contributed by atoms with Crippen LogP contribution < -0.4 is 10.6 Å². The molecule has 1 aliphatic heterocycles. The maximum atomic E-state index is 12.2. The lowest BCUT2D eigenvalue weighted by Crippen LogP contribution is -2.48. The van der Waals surface area contributed by atoms with Crippen LogP contribution in [0.25, 0.3) is 0 Å². The van der Waals surface area contributed by atoms with E-state index in [1.165, 1.54) is 26.0 Å². The molecule has 0 bridgehead atoms. The first-order chi connectivity index (χ1) is 19.2. The molecule has 0 aromatic heterocycles. The first-order valence-corrected chi connectivity index (χ1v) is 13.7. The quantitative estimate of drug-likeness (QED) is 0.223. The van der Waals surface area contributed by atoms with Crippen molar-refractivity contribution in [1.29, 1.82) is 0 Å². The summed E-state index contributed by atoms with van der Waals surface area (Å²) in [5.74, 6) is -0.219. The van der Waals surface area contributed by atoms with E-state index < -0.39 is 12.6 Å². The van der Waals surface area contributed by atoms with E-state index >= 15 is 0 Å². The number of nitrogens with zero attached hydrogens (tertiary/aromatic N) is 3. The number of hydrogen-bond donors (Lipinski definition) is 5. The van der Waals surface area contributed by atoms with Crippen molar-refractivity contribution in [3.05, 3.63) is 59.7 Å². The normalized spacial score (nSPS) is 16.5. The number of benzene rings is 2. The molecule has 40 heavy (non-hydrogen) atoms. The van der Waals surface area contributed by atoms with Crippen LogP contribution in [-0.4, -0.2) is 93.4 Å². The fourth-order valence-electron chi connectivity index (χ4n) is 4.72. The molecule has 2 aromatic carbocycles. The predicted molar refractivity (Wildman–Crippen MR) is 151 cm³/mol. The second-order valence-electron chi connectivity index (χ2n) is 9.95. The van der Waals surface area contributed by atoms with Gasteiger partial charge in [0.2, 0.25) is 11.8 Å². The fourth-order valence-corrected chi connectivity index (χ4v) is 4.72. The molecule has 0 saturated carbocycles. The molecule has 0 aliphatic carbocycles. The van der Waals surface area contributed by atoms with Crippen molar-refractivity contribution >= 4 is 23.4 Å². The molecule has 1 heterocycles. The molecule has 3 rings (SSSR count). The Kier molecular flexibility index (Phi) is 11.7. The molecule has 1 aliphatic rings. The third-order valence-electron chi connectivity index (χ3n) is 7.01. The summed E-state index contributed by atoms with van der Waals surface area (Å²) < 4.78 is 0. The van der Waals surface area contributed by atoms with Gasteiger partial charge in [-0.1, -0.05) is 18.2 Å². The van der Waals surface area contributed by atoms with Crippen molar-refractivity contribution in [3.8, 4) is 5.75 Å². The lowest BCUT2D eigenvalue weighted by molar-refractivity contribution is -0.130. The number of aliphatic hydroxyl groups excluding tert-OH is 2. The molecule has 2 atom stereocenters. The number of carbonyl (C=O) groups excluding carboxylic acids is 3. The summed E-state index contributed by atoms with van der Waals surface area (Å²) in [4.78, 5) is 41.5. The van der Waals surface area contributed by atoms with E-state index in [2.05, 4.69) is 10.6 Å². The van der Waals surface area contributed by atoms with Crippen molar-refractivity contribution in [3.63, 3.8) is 0 Å². The Labute approximate surface area is 235 Å². The molecule has 11 heteroatoms. The number of para-hydroxylation sites is 1. The summed E-state index contributed by atoms with van der Waals surface area (Å²) >= 11 is 0. The third kappa shape index (κ3) is 8.94. The zero-order chi connectivity index (χ0) is 29.1. The smallest absolute Gasteiger partial charge is 0.251 e. The van der Waals surface area contributed by atoms with Crippen LogP contribution in [0.1, 0.15) is 61.7 Å². The monoisotopic (exact) mass is 555 g/mol. The van der Waals surface area contributed by atoms with E-state index in [1.807, 2.05) is 18.2 Å². The maximum absolute atomic E-state index is 12.2. The first kappa shape index (κ1) is 30.9. The minimum absolute atomic E-state index is 0.0397. The van der Waals surface area contributed by atoms with Crippen molar-refractivity contribution in [2.45, 2.75) is 52.1 Å². The van der Waals surface area contributed by atoms with Crippen LogP contribution in [0.2, 0.25) is 0 Å². The summed E-state index contributed by atoms with van der Waals surface area (Å²) in [7, 11) is 0. The SMILES string of the molecule is CC(=O)N(CCCCN(CCCN1C(O)Nc2ccccc2C1O)C(C)=O)CCCNC(=O)c1ccc(O)cc1. The van der Waals surface area contributed by atoms with Crippen LogP contribution in [0.5, 0.6) is 5.75 Å². The Hall–Kier alpha value is -3.67. The number of fused-ring (bicyclic) bond motifs is 1. The van der Waals surface area contributed by atoms with Gasteiger partial charge in [0.15, 0.2) is 6.35 Å². The molecular formula is C29H41N5O6. The molecule has 2 aromatic rings. The van der Waals surface area contributed by atoms with Gasteiger partial charge >= 0.3 is 0 Å². The Morgan fingerprint density at radius 2 is 1.43 bits per heavy atom. The molecule has 2 unspecified atom stereocenters. The van der Waals surface area contributed by atoms with Gasteiger partial charge in [-0.25, -0.2) is 4.90 Å². The van der Waals surface area contributed by atoms with Crippen molar-refractivity contribution in [2.75, 3.05) is 44.6 Å². The zero-order valence-corrected chi connectivity index (χ0v) is 23.3. The topological polar surface area (TPSA) is 146 Å². The van der Waals surface area contributed by atoms with E-state index in [9.17, 15) is 29.7 Å². The van der Waals surface area contributed by atoms with E-state index in [0.29, 0.717) is 68.9 Å². The lowest BCUT2D eigenvalue weighted by atomic mass is 10.1. The average Bonchev–Trinajstić information content (AvgIpc) is 2.92. The largest absolute Gasteiger partial charge is 0.508 e. The Bertz CT molecular complexity index is 1130. The van der Waals surface area contributed by atoms with Crippen LogP contribution >= 0.6 is 0 Å². The Morgan fingerprint density at radius 3 is 2.05 bits per heavy atom. The highest BCUT2D eigenvalue weighted by Gasteiger charge is 2.31. The van der Waals surface area contributed by atoms with Crippen LogP contribution in [0.4, 0.5) is 5.69 Å². The molecule has 11 nitrogen and oxygen atoms in total. The number of hydrogen-bond acceptors (Lipinski definition) is 8. The standard InChI is InChI=1S/C29H41N5O6/c1-21(35)32(18-7-15-30-27(38)23-11-13-24(37)14-12-23)16-5-6-17-33(22(2)36)19-8-20-34-28(39)25-9-3-4-10-26(25)31-29(34)40/h3-4,9-14,28-29,31,37,39-40H,5-8,15-20H2,1-2H3,(H,30,38). The van der Waals surface area contributed by atoms with Gasteiger partial charge in [-0.3, -0.25) is 14.4 Å². The second kappa shape index (κ2) is 15.2. The van der Waals surface area contributed by atoms with Gasteiger partial charge in [0.1, 0.15) is 12.0 Å². The number of anilines is 1. The minimum atomic E-state index is -1.02. The molecule has 218 valence electrons. The summed E-state index contributed by atoms with van der Waals surface area (Å²) in [6, 6.07) is 13.3. The first-order valence-electron chi connectivity index (χ1n) is 13.7. The zero-order valence-electron chi connectivity index (χ0n) is 23.3. The number of carbonyl (C=O) groups is 3. The molecule has 0 radical (unpaired) electrons. The van der Waals surface area contributed by atoms with Gasteiger partial charge in [0.25, 0.3) is 5.91 Å². The number of unbranched alkanes of at least 4 members (excludes halogenated alkanes) is 1. The summed E-state index contributed by atoms with van der Waals surface area (Å²) in [6.45, 7) is 5.98. The van der Waals surface area contributed by atoms with Crippen LogP contribution in [-0.2, 0) is 9.59 Å². The number of aliphatic hydroxyl groups is 2. The minimum Gasteiger partial charge on any atom is -0.508 e. The van der Waals surface area contributed by atoms with E-state index in [4.69, 9.17) is 0 Å². The molecule has 0 spiro atoms. The number of nitrogens with one attached hydrogen (secondary N) is 2. The molecular weight excluding hydrogens is 514 g/mol. The number of aromatic hydroxyl groups is 1. The average molecular weight is 556 g/mol. The maximum Gasteiger partial charge on any atom is 0.251 e. The summed E-state index contributed by atoms with van der Waals surface area (Å²) in [6.07, 6.45) is 0.688. The highest BCUT2D eigenvalue weighted by atomic mass is 16.3. The van der Waals surface area contributed by atoms with Gasteiger partial charge in [0, 0.05) is 69.9 Å². The Morgan fingerprint density at radius 1 is 0.850 bits per heavy atom. The molecule has 0 fully saturated rings. The van der Waals surface area contributed by atoms with Crippen molar-refractivity contribution in [1.82, 2.24) is 20.0 Å². The number of rotatable bonds is 14. The molecule has 3 amide bonds. The molecule has 0 saturated heterocycles. The number of phenolic OH excluding ortho intramolecular Hbond substituents is 1.